The molecule has 0 amide bonds. The largest absolute Gasteiger partial charge is 0.496 e. The average Bonchev–Trinajstić information content (AvgIpc) is 2.62. The Labute approximate surface area is 113 Å². The number of para-hydroxylation sites is 1. The summed E-state index contributed by atoms with van der Waals surface area (Å²) in [4.78, 5) is 0. The van der Waals surface area contributed by atoms with Crippen LogP contribution >= 0.6 is 0 Å². The van der Waals surface area contributed by atoms with E-state index in [1.807, 2.05) is 31.2 Å². The van der Waals surface area contributed by atoms with E-state index >= 15 is 0 Å². The van der Waals surface area contributed by atoms with Gasteiger partial charge in [-0.05, 0) is 13.0 Å². The monoisotopic (exact) mass is 285 g/mol. The van der Waals surface area contributed by atoms with Crippen molar-refractivity contribution in [3.8, 4) is 5.75 Å². The van der Waals surface area contributed by atoms with E-state index in [4.69, 9.17) is 4.74 Å². The van der Waals surface area contributed by atoms with Crippen molar-refractivity contribution >= 4 is 9.84 Å². The summed E-state index contributed by atoms with van der Waals surface area (Å²) < 4.78 is 28.2. The Bertz CT molecular complexity index is 543. The van der Waals surface area contributed by atoms with Crippen LogP contribution in [0.4, 0.5) is 0 Å². The van der Waals surface area contributed by atoms with Gasteiger partial charge < -0.3 is 15.2 Å². The first-order valence-electron chi connectivity index (χ1n) is 6.20. The van der Waals surface area contributed by atoms with Crippen LogP contribution in [0.3, 0.4) is 0 Å². The maximum Gasteiger partial charge on any atom is 0.154 e. The molecule has 0 aromatic heterocycles. The van der Waals surface area contributed by atoms with Crippen molar-refractivity contribution in [2.45, 2.75) is 25.1 Å². The summed E-state index contributed by atoms with van der Waals surface area (Å²) in [7, 11) is -1.53. The molecular formula is C13H19NO4S. The summed E-state index contributed by atoms with van der Waals surface area (Å²) in [5.41, 5.74) is 0.946. The molecule has 1 heterocycles. The van der Waals surface area contributed by atoms with Crippen LogP contribution in [0.5, 0.6) is 5.75 Å². The maximum absolute atomic E-state index is 11.5. The summed E-state index contributed by atoms with van der Waals surface area (Å²) in [6, 6.07) is 7.04. The molecule has 106 valence electrons. The molecule has 5 nitrogen and oxygen atoms in total. The van der Waals surface area contributed by atoms with Crippen LogP contribution in [0, 0.1) is 0 Å². The van der Waals surface area contributed by atoms with Crippen molar-refractivity contribution in [3.63, 3.8) is 0 Å². The molecule has 6 heteroatoms. The number of hydrogen-bond acceptors (Lipinski definition) is 5. The molecule has 1 fully saturated rings. The first kappa shape index (κ1) is 14.3. The molecule has 2 unspecified atom stereocenters. The molecule has 1 aromatic carbocycles. The lowest BCUT2D eigenvalue weighted by molar-refractivity contribution is 0.160. The second kappa shape index (κ2) is 5.48. The van der Waals surface area contributed by atoms with E-state index < -0.39 is 22.0 Å². The molecule has 2 rings (SSSR count). The highest BCUT2D eigenvalue weighted by atomic mass is 32.2. The Morgan fingerprint density at radius 3 is 2.63 bits per heavy atom. The first-order valence-corrected chi connectivity index (χ1v) is 8.02. The Balaban J connectivity index is 2.11. The summed E-state index contributed by atoms with van der Waals surface area (Å²) in [6.07, 6.45) is -0.845. The van der Waals surface area contributed by atoms with Crippen molar-refractivity contribution in [2.24, 2.45) is 0 Å². The van der Waals surface area contributed by atoms with E-state index in [2.05, 4.69) is 5.32 Å². The molecule has 0 bridgehead atoms. The molecule has 0 spiro atoms. The minimum atomic E-state index is -3.13. The number of methoxy groups -OCH3 is 1. The van der Waals surface area contributed by atoms with Crippen LogP contribution in [-0.2, 0) is 9.84 Å². The van der Waals surface area contributed by atoms with Gasteiger partial charge in [-0.2, -0.15) is 0 Å². The number of rotatable bonds is 4. The molecule has 0 aliphatic carbocycles. The van der Waals surface area contributed by atoms with E-state index in [0.29, 0.717) is 0 Å². The van der Waals surface area contributed by atoms with E-state index in [1.54, 1.807) is 7.11 Å². The van der Waals surface area contributed by atoms with Gasteiger partial charge in [0.05, 0.1) is 24.7 Å². The van der Waals surface area contributed by atoms with E-state index in [9.17, 15) is 13.5 Å². The predicted molar refractivity (Wildman–Crippen MR) is 73.0 cm³/mol. The quantitative estimate of drug-likeness (QED) is 0.843. The third kappa shape index (κ3) is 3.26. The van der Waals surface area contributed by atoms with Crippen molar-refractivity contribution in [3.05, 3.63) is 29.8 Å². The topological polar surface area (TPSA) is 75.6 Å². The standard InChI is InChI=1S/C13H19NO4S/c1-9(10-5-3-4-6-13(10)18-2)14-11-7-19(16,17)8-12(11)15/h3-6,9,11-12,14-15H,7-8H2,1-2H3/t9-,11?,12?/m1/s1. The highest BCUT2D eigenvalue weighted by molar-refractivity contribution is 7.91. The van der Waals surface area contributed by atoms with Crippen LogP contribution in [0.15, 0.2) is 24.3 Å². The lowest BCUT2D eigenvalue weighted by atomic mass is 10.1. The van der Waals surface area contributed by atoms with Gasteiger partial charge in [0, 0.05) is 17.6 Å². The lowest BCUT2D eigenvalue weighted by Crippen LogP contribution is -2.40. The first-order chi connectivity index (χ1) is 8.93. The lowest BCUT2D eigenvalue weighted by Gasteiger charge is -2.22. The number of aliphatic hydroxyl groups is 1. The molecular weight excluding hydrogens is 266 g/mol. The molecule has 1 aliphatic rings. The number of hydrogen-bond donors (Lipinski definition) is 2. The van der Waals surface area contributed by atoms with Gasteiger partial charge in [-0.15, -0.1) is 0 Å². The van der Waals surface area contributed by atoms with Gasteiger partial charge >= 0.3 is 0 Å². The second-order valence-corrected chi connectivity index (χ2v) is 7.03. The molecule has 0 saturated carbocycles. The third-order valence-corrected chi connectivity index (χ3v) is 5.11. The second-order valence-electron chi connectivity index (χ2n) is 4.88. The van der Waals surface area contributed by atoms with E-state index in [1.165, 1.54) is 0 Å². The number of benzene rings is 1. The highest BCUT2D eigenvalue weighted by Crippen LogP contribution is 2.26. The van der Waals surface area contributed by atoms with E-state index in [-0.39, 0.29) is 17.5 Å². The fourth-order valence-electron chi connectivity index (χ4n) is 2.42. The van der Waals surface area contributed by atoms with Crippen molar-refractivity contribution in [1.29, 1.82) is 0 Å². The summed E-state index contributed by atoms with van der Waals surface area (Å²) in [6.45, 7) is 1.93. The van der Waals surface area contributed by atoms with Crippen LogP contribution in [0.25, 0.3) is 0 Å². The Morgan fingerprint density at radius 2 is 2.05 bits per heavy atom. The molecule has 2 N–H and O–H groups in total. The maximum atomic E-state index is 11.5. The molecule has 1 saturated heterocycles. The van der Waals surface area contributed by atoms with Crippen LogP contribution in [0.2, 0.25) is 0 Å². The zero-order chi connectivity index (χ0) is 14.0. The van der Waals surface area contributed by atoms with Crippen molar-refractivity contribution in [2.75, 3.05) is 18.6 Å². The van der Waals surface area contributed by atoms with Gasteiger partial charge in [0.1, 0.15) is 5.75 Å². The number of aliphatic hydroxyl groups excluding tert-OH is 1. The SMILES string of the molecule is COc1ccccc1[C@@H](C)NC1CS(=O)(=O)CC1O. The average molecular weight is 285 g/mol. The predicted octanol–water partition coefficient (Wildman–Crippen LogP) is 0.504. The normalized spacial score (nSPS) is 27.1. The van der Waals surface area contributed by atoms with Gasteiger partial charge in [-0.3, -0.25) is 0 Å². The van der Waals surface area contributed by atoms with Gasteiger partial charge in [-0.1, -0.05) is 18.2 Å². The Kier molecular flexibility index (Phi) is 4.13. The fourth-order valence-corrected chi connectivity index (χ4v) is 4.18. The van der Waals surface area contributed by atoms with Gasteiger partial charge in [0.15, 0.2) is 9.84 Å². The minimum absolute atomic E-state index is 0.0202. The fraction of sp³-hybridized carbons (Fsp3) is 0.538. The minimum Gasteiger partial charge on any atom is -0.496 e. The smallest absolute Gasteiger partial charge is 0.154 e. The van der Waals surface area contributed by atoms with Gasteiger partial charge in [0.25, 0.3) is 0 Å². The highest BCUT2D eigenvalue weighted by Gasteiger charge is 2.37. The number of nitrogens with one attached hydrogen (secondary N) is 1. The van der Waals surface area contributed by atoms with Gasteiger partial charge in [-0.25, -0.2) is 8.42 Å². The summed E-state index contributed by atoms with van der Waals surface area (Å²) in [5.74, 6) is 0.564. The number of ether oxygens (including phenoxy) is 1. The van der Waals surface area contributed by atoms with Crippen molar-refractivity contribution < 1.29 is 18.3 Å². The third-order valence-electron chi connectivity index (χ3n) is 3.39. The summed E-state index contributed by atoms with van der Waals surface area (Å²) in [5, 5.41) is 12.9. The number of sulfone groups is 1. The molecule has 3 atom stereocenters. The Morgan fingerprint density at radius 1 is 1.37 bits per heavy atom. The van der Waals surface area contributed by atoms with Crippen LogP contribution in [-0.4, -0.2) is 44.3 Å². The Hall–Kier alpha value is -1.11. The summed E-state index contributed by atoms with van der Waals surface area (Å²) >= 11 is 0. The zero-order valence-electron chi connectivity index (χ0n) is 11.0. The van der Waals surface area contributed by atoms with Crippen molar-refractivity contribution in [1.82, 2.24) is 5.32 Å². The molecule has 1 aliphatic heterocycles. The molecule has 19 heavy (non-hydrogen) atoms. The molecule has 0 radical (unpaired) electrons. The van der Waals surface area contributed by atoms with Gasteiger partial charge in [0.2, 0.25) is 0 Å². The van der Waals surface area contributed by atoms with Crippen LogP contribution in [0.1, 0.15) is 18.5 Å². The van der Waals surface area contributed by atoms with Crippen LogP contribution < -0.4 is 10.1 Å². The molecule has 1 aromatic rings. The van der Waals surface area contributed by atoms with E-state index in [0.717, 1.165) is 11.3 Å². The zero-order valence-corrected chi connectivity index (χ0v) is 11.9.